The van der Waals surface area contributed by atoms with Crippen LogP contribution in [0.1, 0.15) is 27.9 Å². The number of carbonyl (C=O) groups is 1. The van der Waals surface area contributed by atoms with Crippen molar-refractivity contribution in [3.05, 3.63) is 59.2 Å². The molecule has 30 heavy (non-hydrogen) atoms. The molecule has 0 atom stereocenters. The van der Waals surface area contributed by atoms with Crippen LogP contribution in [0.2, 0.25) is 0 Å². The van der Waals surface area contributed by atoms with E-state index in [0.29, 0.717) is 38.6 Å². The van der Waals surface area contributed by atoms with E-state index in [0.717, 1.165) is 12.8 Å². The van der Waals surface area contributed by atoms with Crippen LogP contribution in [0.15, 0.2) is 47.4 Å². The first kappa shape index (κ1) is 22.3. The fourth-order valence-corrected chi connectivity index (χ4v) is 4.74. The molecular weight excluding hydrogens is 404 g/mol. The maximum absolute atomic E-state index is 12.9. The molecule has 8 heteroatoms. The second-order valence-corrected chi connectivity index (χ2v) is 9.16. The molecule has 2 aromatic rings. The van der Waals surface area contributed by atoms with Gasteiger partial charge in [0.1, 0.15) is 5.75 Å². The van der Waals surface area contributed by atoms with E-state index < -0.39 is 10.0 Å². The minimum Gasteiger partial charge on any atom is -0.496 e. The average Bonchev–Trinajstić information content (AvgIpc) is 2.78. The summed E-state index contributed by atoms with van der Waals surface area (Å²) < 4.78 is 37.7. The molecule has 7 nitrogen and oxygen atoms in total. The maximum Gasteiger partial charge on any atom is 0.255 e. The Kier molecular flexibility index (Phi) is 7.47. The highest BCUT2D eigenvalue weighted by atomic mass is 32.2. The number of amides is 1. The first-order valence-corrected chi connectivity index (χ1v) is 11.5. The zero-order valence-electron chi connectivity index (χ0n) is 17.4. The minimum absolute atomic E-state index is 0.0787. The van der Waals surface area contributed by atoms with Gasteiger partial charge in [-0.3, -0.25) is 4.79 Å². The Hall–Kier alpha value is -2.42. The van der Waals surface area contributed by atoms with E-state index in [2.05, 4.69) is 29.6 Å². The summed E-state index contributed by atoms with van der Waals surface area (Å²) in [6, 6.07) is 12.7. The Bertz CT molecular complexity index is 968. The van der Waals surface area contributed by atoms with Crippen molar-refractivity contribution in [1.29, 1.82) is 0 Å². The lowest BCUT2D eigenvalue weighted by atomic mass is 10.1. The molecule has 0 aromatic heterocycles. The number of sulfonamides is 1. The van der Waals surface area contributed by atoms with Crippen molar-refractivity contribution in [3.8, 4) is 5.75 Å². The van der Waals surface area contributed by atoms with Crippen LogP contribution in [0.3, 0.4) is 0 Å². The van der Waals surface area contributed by atoms with Gasteiger partial charge in [-0.05, 0) is 43.5 Å². The quantitative estimate of drug-likeness (QED) is 0.648. The summed E-state index contributed by atoms with van der Waals surface area (Å²) in [5, 5.41) is 2.87. The first-order chi connectivity index (χ1) is 14.4. The second-order valence-electron chi connectivity index (χ2n) is 7.22. The van der Waals surface area contributed by atoms with Crippen LogP contribution in [0.25, 0.3) is 0 Å². The monoisotopic (exact) mass is 432 g/mol. The molecule has 1 aliphatic heterocycles. The van der Waals surface area contributed by atoms with Crippen molar-refractivity contribution in [2.75, 3.05) is 40.0 Å². The van der Waals surface area contributed by atoms with Gasteiger partial charge < -0.3 is 14.8 Å². The molecule has 2 aromatic carbocycles. The Labute approximate surface area is 178 Å². The number of carbonyl (C=O) groups excluding carboxylic acids is 1. The van der Waals surface area contributed by atoms with E-state index in [9.17, 15) is 13.2 Å². The predicted molar refractivity (Wildman–Crippen MR) is 114 cm³/mol. The van der Waals surface area contributed by atoms with Crippen LogP contribution in [-0.2, 0) is 21.2 Å². The molecule has 0 bridgehead atoms. The third kappa shape index (κ3) is 5.38. The number of nitrogens with zero attached hydrogens (tertiary/aromatic N) is 1. The van der Waals surface area contributed by atoms with Crippen LogP contribution in [0.4, 0.5) is 0 Å². The van der Waals surface area contributed by atoms with Gasteiger partial charge in [-0.25, -0.2) is 8.42 Å². The number of benzene rings is 2. The molecule has 1 N–H and O–H groups in total. The number of hydrogen-bond acceptors (Lipinski definition) is 5. The number of methoxy groups -OCH3 is 1. The van der Waals surface area contributed by atoms with E-state index in [4.69, 9.17) is 9.47 Å². The fourth-order valence-electron chi connectivity index (χ4n) is 3.31. The lowest BCUT2D eigenvalue weighted by molar-refractivity contribution is 0.0730. The normalized spacial score (nSPS) is 15.0. The molecule has 1 amide bonds. The molecule has 0 spiro atoms. The summed E-state index contributed by atoms with van der Waals surface area (Å²) in [5.74, 6) is -0.0123. The summed E-state index contributed by atoms with van der Waals surface area (Å²) in [4.78, 5) is 12.8. The lowest BCUT2D eigenvalue weighted by Crippen LogP contribution is -2.40. The SMILES string of the molecule is COc1ccc(S(=O)(=O)N2CCOCC2)cc1C(=O)NCCCc1ccc(C)cc1. The van der Waals surface area contributed by atoms with Crippen LogP contribution < -0.4 is 10.1 Å². The molecule has 0 aliphatic carbocycles. The minimum atomic E-state index is -3.69. The van der Waals surface area contributed by atoms with Gasteiger partial charge in [-0.1, -0.05) is 29.8 Å². The second kappa shape index (κ2) is 10.1. The van der Waals surface area contributed by atoms with Crippen LogP contribution in [0.5, 0.6) is 5.75 Å². The van der Waals surface area contributed by atoms with Gasteiger partial charge in [-0.2, -0.15) is 4.31 Å². The zero-order chi connectivity index (χ0) is 21.6. The van der Waals surface area contributed by atoms with Crippen molar-refractivity contribution in [2.24, 2.45) is 0 Å². The number of hydrogen-bond donors (Lipinski definition) is 1. The van der Waals surface area contributed by atoms with E-state index in [-0.39, 0.29) is 16.4 Å². The first-order valence-electron chi connectivity index (χ1n) is 10.0. The molecule has 0 radical (unpaired) electrons. The van der Waals surface area contributed by atoms with Crippen molar-refractivity contribution in [1.82, 2.24) is 9.62 Å². The summed E-state index contributed by atoms with van der Waals surface area (Å²) in [5.41, 5.74) is 2.64. The zero-order valence-corrected chi connectivity index (χ0v) is 18.2. The van der Waals surface area contributed by atoms with Crippen LogP contribution in [-0.4, -0.2) is 58.6 Å². The predicted octanol–water partition coefficient (Wildman–Crippen LogP) is 2.39. The van der Waals surface area contributed by atoms with Gasteiger partial charge in [0.2, 0.25) is 10.0 Å². The molecule has 3 rings (SSSR count). The summed E-state index contributed by atoms with van der Waals surface area (Å²) in [6.45, 7) is 3.86. The highest BCUT2D eigenvalue weighted by Crippen LogP contribution is 2.25. The largest absolute Gasteiger partial charge is 0.496 e. The van der Waals surface area contributed by atoms with Gasteiger partial charge in [0.05, 0.1) is 30.8 Å². The van der Waals surface area contributed by atoms with Crippen LogP contribution >= 0.6 is 0 Å². The number of ether oxygens (including phenoxy) is 2. The van der Waals surface area contributed by atoms with Crippen molar-refractivity contribution in [2.45, 2.75) is 24.7 Å². The Balaban J connectivity index is 1.66. The highest BCUT2D eigenvalue weighted by molar-refractivity contribution is 7.89. The maximum atomic E-state index is 12.9. The molecule has 1 heterocycles. The number of rotatable bonds is 8. The topological polar surface area (TPSA) is 84.9 Å². The van der Waals surface area contributed by atoms with E-state index >= 15 is 0 Å². The van der Waals surface area contributed by atoms with Crippen molar-refractivity contribution in [3.63, 3.8) is 0 Å². The summed E-state index contributed by atoms with van der Waals surface area (Å²) >= 11 is 0. The van der Waals surface area contributed by atoms with Gasteiger partial charge >= 0.3 is 0 Å². The molecule has 1 saturated heterocycles. The van der Waals surface area contributed by atoms with E-state index in [1.807, 2.05) is 6.92 Å². The summed E-state index contributed by atoms with van der Waals surface area (Å²) in [7, 11) is -2.23. The third-order valence-electron chi connectivity index (χ3n) is 5.07. The fraction of sp³-hybridized carbons (Fsp3) is 0.409. The molecule has 0 unspecified atom stereocenters. The summed E-state index contributed by atoms with van der Waals surface area (Å²) in [6.07, 6.45) is 1.63. The Morgan fingerprint density at radius 2 is 1.83 bits per heavy atom. The van der Waals surface area contributed by atoms with Gasteiger partial charge in [0.15, 0.2) is 0 Å². The molecule has 0 saturated carbocycles. The molecule has 1 fully saturated rings. The molecule has 1 aliphatic rings. The Morgan fingerprint density at radius 1 is 1.13 bits per heavy atom. The molecule has 162 valence electrons. The Morgan fingerprint density at radius 3 is 2.50 bits per heavy atom. The van der Waals surface area contributed by atoms with Gasteiger partial charge in [0.25, 0.3) is 5.91 Å². The lowest BCUT2D eigenvalue weighted by Gasteiger charge is -2.26. The standard InChI is InChI=1S/C22H28N2O5S/c1-17-5-7-18(8-6-17)4-3-11-23-22(25)20-16-19(9-10-21(20)28-2)30(26,27)24-12-14-29-15-13-24/h5-10,16H,3-4,11-15H2,1-2H3,(H,23,25). The third-order valence-corrected chi connectivity index (χ3v) is 6.97. The molecular formula is C22H28N2O5S. The van der Waals surface area contributed by atoms with E-state index in [1.54, 1.807) is 0 Å². The van der Waals surface area contributed by atoms with Gasteiger partial charge in [-0.15, -0.1) is 0 Å². The highest BCUT2D eigenvalue weighted by Gasteiger charge is 2.28. The number of aryl methyl sites for hydroxylation is 2. The van der Waals surface area contributed by atoms with E-state index in [1.165, 1.54) is 40.7 Å². The number of morpholine rings is 1. The van der Waals surface area contributed by atoms with Crippen LogP contribution in [0, 0.1) is 6.92 Å². The smallest absolute Gasteiger partial charge is 0.255 e. The van der Waals surface area contributed by atoms with Gasteiger partial charge in [0, 0.05) is 19.6 Å². The van der Waals surface area contributed by atoms with Crippen molar-refractivity contribution < 1.29 is 22.7 Å². The van der Waals surface area contributed by atoms with Crippen molar-refractivity contribution >= 4 is 15.9 Å². The number of nitrogens with one attached hydrogen (secondary N) is 1. The average molecular weight is 433 g/mol.